The lowest BCUT2D eigenvalue weighted by Crippen LogP contribution is -2.22. The Morgan fingerprint density at radius 3 is 2.73 bits per heavy atom. The van der Waals surface area contributed by atoms with Crippen molar-refractivity contribution in [1.82, 2.24) is 24.5 Å². The summed E-state index contributed by atoms with van der Waals surface area (Å²) in [7, 11) is 0. The van der Waals surface area contributed by atoms with Crippen LogP contribution in [0.25, 0.3) is 16.7 Å². The molecule has 2 aromatic carbocycles. The minimum atomic E-state index is -0.258. The third-order valence-electron chi connectivity index (χ3n) is 4.09. The van der Waals surface area contributed by atoms with Crippen molar-refractivity contribution in [1.29, 1.82) is 0 Å². The smallest absolute Gasteiger partial charge is 0.323 e. The second-order valence-electron chi connectivity index (χ2n) is 5.87. The van der Waals surface area contributed by atoms with Crippen molar-refractivity contribution in [3.8, 4) is 5.69 Å². The molecule has 0 aliphatic heterocycles. The lowest BCUT2D eigenvalue weighted by atomic mass is 10.2. The largest absolute Gasteiger partial charge is 0.330 e. The van der Waals surface area contributed by atoms with Crippen LogP contribution in [-0.4, -0.2) is 30.5 Å². The molecule has 0 atom stereocenters. The van der Waals surface area contributed by atoms with Crippen LogP contribution in [0.3, 0.4) is 0 Å². The van der Waals surface area contributed by atoms with Gasteiger partial charge in [-0.05, 0) is 31.2 Å². The van der Waals surface area contributed by atoms with E-state index in [4.69, 9.17) is 0 Å². The highest BCUT2D eigenvalue weighted by Gasteiger charge is 2.13. The topological polar surface area (TPSA) is 97.6 Å². The van der Waals surface area contributed by atoms with Gasteiger partial charge in [0, 0.05) is 11.9 Å². The lowest BCUT2D eigenvalue weighted by molar-refractivity contribution is -0.116. The van der Waals surface area contributed by atoms with Crippen LogP contribution in [0.4, 0.5) is 5.69 Å². The SMILES string of the molecule is Cc1c[nH]c(=O)n1-c1ccccc1NC(=O)Cn1nnc2ccccc21. The van der Waals surface area contributed by atoms with Gasteiger partial charge in [-0.2, -0.15) is 0 Å². The van der Waals surface area contributed by atoms with Crippen LogP contribution in [0.2, 0.25) is 0 Å². The van der Waals surface area contributed by atoms with Gasteiger partial charge in [0.25, 0.3) is 0 Å². The molecule has 130 valence electrons. The molecule has 26 heavy (non-hydrogen) atoms. The van der Waals surface area contributed by atoms with E-state index >= 15 is 0 Å². The summed E-state index contributed by atoms with van der Waals surface area (Å²) in [6.07, 6.45) is 1.63. The molecule has 0 spiro atoms. The highest BCUT2D eigenvalue weighted by molar-refractivity contribution is 5.93. The molecule has 4 aromatic rings. The molecule has 4 rings (SSSR count). The summed E-state index contributed by atoms with van der Waals surface area (Å²) in [6, 6.07) is 14.6. The fraction of sp³-hybridized carbons (Fsp3) is 0.111. The Bertz CT molecular complexity index is 1150. The van der Waals surface area contributed by atoms with E-state index in [9.17, 15) is 9.59 Å². The van der Waals surface area contributed by atoms with E-state index in [1.165, 1.54) is 4.57 Å². The summed E-state index contributed by atoms with van der Waals surface area (Å²) in [5, 5.41) is 10.9. The zero-order valence-corrected chi connectivity index (χ0v) is 14.0. The summed E-state index contributed by atoms with van der Waals surface area (Å²) in [6.45, 7) is 1.84. The molecule has 1 amide bonds. The fourth-order valence-corrected chi connectivity index (χ4v) is 2.89. The first-order chi connectivity index (χ1) is 12.6. The molecule has 0 unspecified atom stereocenters. The first kappa shape index (κ1) is 15.8. The van der Waals surface area contributed by atoms with Gasteiger partial charge in [0.05, 0.1) is 16.9 Å². The number of anilines is 1. The number of amides is 1. The van der Waals surface area contributed by atoms with Gasteiger partial charge in [0.15, 0.2) is 0 Å². The summed E-state index contributed by atoms with van der Waals surface area (Å²) in [5.41, 5.74) is 3.16. The van der Waals surface area contributed by atoms with E-state index in [1.54, 1.807) is 29.1 Å². The number of imidazole rings is 1. The van der Waals surface area contributed by atoms with Crippen molar-refractivity contribution in [2.45, 2.75) is 13.5 Å². The third kappa shape index (κ3) is 2.77. The molecular formula is C18H16N6O2. The van der Waals surface area contributed by atoms with Gasteiger partial charge >= 0.3 is 5.69 Å². The van der Waals surface area contributed by atoms with Gasteiger partial charge in [0.2, 0.25) is 5.91 Å². The minimum Gasteiger partial charge on any atom is -0.323 e. The molecule has 0 saturated heterocycles. The second kappa shape index (κ2) is 6.32. The zero-order valence-electron chi connectivity index (χ0n) is 14.0. The van der Waals surface area contributed by atoms with Crippen LogP contribution in [0.15, 0.2) is 59.5 Å². The Morgan fingerprint density at radius 2 is 1.92 bits per heavy atom. The number of para-hydroxylation sites is 3. The number of hydrogen-bond acceptors (Lipinski definition) is 4. The molecule has 0 radical (unpaired) electrons. The Labute approximate surface area is 148 Å². The lowest BCUT2D eigenvalue weighted by Gasteiger charge is -2.12. The number of aryl methyl sites for hydroxylation is 1. The van der Waals surface area contributed by atoms with Crippen LogP contribution < -0.4 is 11.0 Å². The van der Waals surface area contributed by atoms with E-state index in [0.717, 1.165) is 16.7 Å². The molecule has 8 nitrogen and oxygen atoms in total. The van der Waals surface area contributed by atoms with Gasteiger partial charge in [-0.25, -0.2) is 9.48 Å². The number of H-pyrrole nitrogens is 1. The Morgan fingerprint density at radius 1 is 1.15 bits per heavy atom. The van der Waals surface area contributed by atoms with Crippen LogP contribution in [-0.2, 0) is 11.3 Å². The molecule has 0 aliphatic carbocycles. The van der Waals surface area contributed by atoms with Crippen LogP contribution in [0.5, 0.6) is 0 Å². The molecule has 0 aliphatic rings. The predicted molar refractivity (Wildman–Crippen MR) is 97.3 cm³/mol. The van der Waals surface area contributed by atoms with Crippen molar-refractivity contribution in [2.75, 3.05) is 5.32 Å². The van der Waals surface area contributed by atoms with Crippen LogP contribution in [0.1, 0.15) is 5.69 Å². The highest BCUT2D eigenvalue weighted by Crippen LogP contribution is 2.20. The first-order valence-corrected chi connectivity index (χ1v) is 8.08. The molecule has 2 aromatic heterocycles. The van der Waals surface area contributed by atoms with E-state index in [2.05, 4.69) is 20.6 Å². The summed E-state index contributed by atoms with van der Waals surface area (Å²) in [5.74, 6) is -0.255. The van der Waals surface area contributed by atoms with E-state index in [0.29, 0.717) is 11.4 Å². The highest BCUT2D eigenvalue weighted by atomic mass is 16.2. The maximum atomic E-state index is 12.5. The average Bonchev–Trinajstić information content (AvgIpc) is 3.19. The summed E-state index contributed by atoms with van der Waals surface area (Å²) < 4.78 is 3.06. The van der Waals surface area contributed by atoms with E-state index in [1.807, 2.05) is 37.3 Å². The summed E-state index contributed by atoms with van der Waals surface area (Å²) >= 11 is 0. The minimum absolute atomic E-state index is 0.0237. The molecule has 0 bridgehead atoms. The number of fused-ring (bicyclic) bond motifs is 1. The van der Waals surface area contributed by atoms with Crippen molar-refractivity contribution < 1.29 is 4.79 Å². The third-order valence-corrected chi connectivity index (χ3v) is 4.09. The van der Waals surface area contributed by atoms with Crippen molar-refractivity contribution >= 4 is 22.6 Å². The number of nitrogens with zero attached hydrogens (tertiary/aromatic N) is 4. The molecule has 2 N–H and O–H groups in total. The molecule has 0 fully saturated rings. The molecular weight excluding hydrogens is 332 g/mol. The monoisotopic (exact) mass is 348 g/mol. The second-order valence-corrected chi connectivity index (χ2v) is 5.87. The van der Waals surface area contributed by atoms with E-state index in [-0.39, 0.29) is 18.1 Å². The van der Waals surface area contributed by atoms with Gasteiger partial charge in [-0.1, -0.05) is 29.5 Å². The van der Waals surface area contributed by atoms with Gasteiger partial charge < -0.3 is 10.3 Å². The van der Waals surface area contributed by atoms with E-state index < -0.39 is 0 Å². The summed E-state index contributed by atoms with van der Waals surface area (Å²) in [4.78, 5) is 27.2. The Kier molecular flexibility index (Phi) is 3.85. The number of carbonyl (C=O) groups excluding carboxylic acids is 1. The number of hydrogen-bond donors (Lipinski definition) is 2. The van der Waals surface area contributed by atoms with Gasteiger partial charge in [0.1, 0.15) is 12.1 Å². The van der Waals surface area contributed by atoms with Gasteiger partial charge in [-0.15, -0.1) is 5.10 Å². The van der Waals surface area contributed by atoms with Crippen molar-refractivity contribution in [3.05, 3.63) is 70.9 Å². The Balaban J connectivity index is 1.62. The number of benzene rings is 2. The maximum Gasteiger partial charge on any atom is 0.330 e. The number of aromatic nitrogens is 5. The first-order valence-electron chi connectivity index (χ1n) is 8.08. The van der Waals surface area contributed by atoms with Crippen molar-refractivity contribution in [2.24, 2.45) is 0 Å². The number of rotatable bonds is 4. The predicted octanol–water partition coefficient (Wildman–Crippen LogP) is 1.86. The standard InChI is InChI=1S/C18H16N6O2/c1-12-10-19-18(26)24(12)16-9-5-2-6-13(16)20-17(25)11-23-15-8-4-3-7-14(15)21-22-23/h2-10H,11H2,1H3,(H,19,26)(H,20,25). The number of aromatic amines is 1. The number of carbonyl (C=O) groups is 1. The molecule has 0 saturated carbocycles. The van der Waals surface area contributed by atoms with Crippen molar-refractivity contribution in [3.63, 3.8) is 0 Å². The Hall–Kier alpha value is -3.68. The molecule has 8 heteroatoms. The molecule has 2 heterocycles. The normalized spacial score (nSPS) is 11.0. The zero-order chi connectivity index (χ0) is 18.1. The number of nitrogens with one attached hydrogen (secondary N) is 2. The van der Waals surface area contributed by atoms with Crippen LogP contribution >= 0.6 is 0 Å². The average molecular weight is 348 g/mol. The maximum absolute atomic E-state index is 12.5. The van der Waals surface area contributed by atoms with Gasteiger partial charge in [-0.3, -0.25) is 9.36 Å². The fourth-order valence-electron chi connectivity index (χ4n) is 2.89. The van der Waals surface area contributed by atoms with Crippen LogP contribution in [0, 0.1) is 6.92 Å². The quantitative estimate of drug-likeness (QED) is 0.588.